The number of H-pyrrole nitrogens is 1. The lowest BCUT2D eigenvalue weighted by atomic mass is 10.1. The van der Waals surface area contributed by atoms with Crippen LogP contribution in [0, 0.1) is 0 Å². The summed E-state index contributed by atoms with van der Waals surface area (Å²) in [6, 6.07) is -3.71. The Labute approximate surface area is 179 Å². The number of imidazole rings is 1. The van der Waals surface area contributed by atoms with E-state index in [1.54, 1.807) is 0 Å². The third kappa shape index (κ3) is 9.11. The standard InChI is InChI=1S/C18H31N7O6/c1-10(26)15(18(30)31)25-17(29)13(6-11-8-21-9-22-11)24-16(28)12(4-2-3-5-19)23-14(27)7-20/h8-10,12-13,15,26H,2-7,19-20H2,1H3,(H,21,22)(H,23,27)(H,24,28)(H,25,29)(H,30,31). The number of carboxylic acid groups (broad SMARTS) is 1. The van der Waals surface area contributed by atoms with Crippen molar-refractivity contribution in [2.45, 2.75) is 56.8 Å². The van der Waals surface area contributed by atoms with Crippen LogP contribution in [0.25, 0.3) is 0 Å². The molecule has 0 aliphatic carbocycles. The number of aliphatic hydroxyl groups is 1. The van der Waals surface area contributed by atoms with Crippen LogP contribution in [0.2, 0.25) is 0 Å². The Morgan fingerprint density at radius 2 is 1.77 bits per heavy atom. The van der Waals surface area contributed by atoms with E-state index in [0.717, 1.165) is 0 Å². The zero-order valence-corrected chi connectivity index (χ0v) is 17.3. The van der Waals surface area contributed by atoms with Gasteiger partial charge in [0.25, 0.3) is 0 Å². The van der Waals surface area contributed by atoms with Crippen molar-refractivity contribution in [2.24, 2.45) is 11.5 Å². The summed E-state index contributed by atoms with van der Waals surface area (Å²) in [4.78, 5) is 55.2. The first-order chi connectivity index (χ1) is 14.7. The third-order valence-corrected chi connectivity index (χ3v) is 4.44. The second-order valence-corrected chi connectivity index (χ2v) is 7.02. The number of rotatable bonds is 14. The number of aromatic nitrogens is 2. The van der Waals surface area contributed by atoms with Crippen LogP contribution in [-0.2, 0) is 25.6 Å². The molecule has 10 N–H and O–H groups in total. The molecule has 1 heterocycles. The summed E-state index contributed by atoms with van der Waals surface area (Å²) in [5.74, 6) is -3.42. The number of nitrogens with zero attached hydrogens (tertiary/aromatic N) is 1. The highest BCUT2D eigenvalue weighted by atomic mass is 16.4. The summed E-state index contributed by atoms with van der Waals surface area (Å²) >= 11 is 0. The van der Waals surface area contributed by atoms with E-state index >= 15 is 0 Å². The molecule has 1 rings (SSSR count). The van der Waals surface area contributed by atoms with Crippen molar-refractivity contribution < 1.29 is 29.4 Å². The van der Waals surface area contributed by atoms with E-state index in [4.69, 9.17) is 11.5 Å². The minimum Gasteiger partial charge on any atom is -0.480 e. The van der Waals surface area contributed by atoms with Gasteiger partial charge in [0.05, 0.1) is 19.0 Å². The molecule has 0 aliphatic heterocycles. The summed E-state index contributed by atoms with van der Waals surface area (Å²) in [6.45, 7) is 1.32. The van der Waals surface area contributed by atoms with Gasteiger partial charge in [-0.3, -0.25) is 14.4 Å². The maximum Gasteiger partial charge on any atom is 0.328 e. The van der Waals surface area contributed by atoms with E-state index in [2.05, 4.69) is 25.9 Å². The number of aromatic amines is 1. The molecule has 0 bridgehead atoms. The number of amides is 3. The lowest BCUT2D eigenvalue weighted by Gasteiger charge is -2.25. The first-order valence-electron chi connectivity index (χ1n) is 9.87. The van der Waals surface area contributed by atoms with E-state index < -0.39 is 47.9 Å². The molecule has 0 saturated carbocycles. The number of aliphatic carboxylic acids is 1. The number of carboxylic acids is 1. The molecule has 0 saturated heterocycles. The fourth-order valence-electron chi connectivity index (χ4n) is 2.76. The SMILES string of the molecule is CC(O)C(NC(=O)C(Cc1cnc[nH]1)NC(=O)C(CCCCN)NC(=O)CN)C(=O)O. The number of hydrogen-bond donors (Lipinski definition) is 8. The van der Waals surface area contributed by atoms with Crippen LogP contribution < -0.4 is 27.4 Å². The molecule has 0 radical (unpaired) electrons. The second kappa shape index (κ2) is 13.3. The molecule has 0 aromatic carbocycles. The van der Waals surface area contributed by atoms with Crippen molar-refractivity contribution in [1.82, 2.24) is 25.9 Å². The van der Waals surface area contributed by atoms with Crippen molar-refractivity contribution in [3.8, 4) is 0 Å². The minimum absolute atomic E-state index is 0.0237. The number of aliphatic hydroxyl groups excluding tert-OH is 1. The fraction of sp³-hybridized carbons (Fsp3) is 0.611. The first-order valence-corrected chi connectivity index (χ1v) is 9.87. The molecule has 0 spiro atoms. The maximum atomic E-state index is 12.8. The predicted molar refractivity (Wildman–Crippen MR) is 109 cm³/mol. The van der Waals surface area contributed by atoms with E-state index in [9.17, 15) is 29.4 Å². The molecule has 0 aliphatic rings. The first kappa shape index (κ1) is 26.0. The number of carbonyl (C=O) groups is 4. The monoisotopic (exact) mass is 441 g/mol. The number of carbonyl (C=O) groups excluding carboxylic acids is 3. The van der Waals surface area contributed by atoms with Crippen LogP contribution in [0.3, 0.4) is 0 Å². The van der Waals surface area contributed by atoms with Gasteiger partial charge in [0.2, 0.25) is 17.7 Å². The normalized spacial score (nSPS) is 14.7. The van der Waals surface area contributed by atoms with E-state index in [0.29, 0.717) is 25.1 Å². The average Bonchev–Trinajstić information content (AvgIpc) is 3.23. The van der Waals surface area contributed by atoms with Gasteiger partial charge in [0.1, 0.15) is 12.1 Å². The van der Waals surface area contributed by atoms with Gasteiger partial charge in [-0.25, -0.2) is 9.78 Å². The smallest absolute Gasteiger partial charge is 0.328 e. The summed E-state index contributed by atoms with van der Waals surface area (Å²) in [5, 5.41) is 26.1. The lowest BCUT2D eigenvalue weighted by Crippen LogP contribution is -2.58. The molecule has 13 heteroatoms. The molecule has 4 unspecified atom stereocenters. The Hall–Kier alpha value is -3.03. The molecule has 174 valence electrons. The predicted octanol–water partition coefficient (Wildman–Crippen LogP) is -3.04. The van der Waals surface area contributed by atoms with Crippen molar-refractivity contribution in [3.05, 3.63) is 18.2 Å². The van der Waals surface area contributed by atoms with Crippen molar-refractivity contribution in [1.29, 1.82) is 0 Å². The topological polar surface area (TPSA) is 226 Å². The van der Waals surface area contributed by atoms with Crippen LogP contribution in [0.5, 0.6) is 0 Å². The maximum absolute atomic E-state index is 12.8. The number of unbranched alkanes of at least 4 members (excludes halogenated alkanes) is 1. The molecule has 3 amide bonds. The minimum atomic E-state index is -1.56. The Kier molecular flexibility index (Phi) is 11.2. The van der Waals surface area contributed by atoms with Gasteiger partial charge in [0.15, 0.2) is 6.04 Å². The summed E-state index contributed by atoms with van der Waals surface area (Å²) in [6.07, 6.45) is 2.92. The summed E-state index contributed by atoms with van der Waals surface area (Å²) in [5.41, 5.74) is 11.3. The molecule has 1 aromatic heterocycles. The highest BCUT2D eigenvalue weighted by Crippen LogP contribution is 2.05. The largest absolute Gasteiger partial charge is 0.480 e. The van der Waals surface area contributed by atoms with Crippen LogP contribution in [0.4, 0.5) is 0 Å². The molecule has 0 fully saturated rings. The van der Waals surface area contributed by atoms with E-state index in [1.165, 1.54) is 19.4 Å². The number of hydrogen-bond acceptors (Lipinski definition) is 8. The van der Waals surface area contributed by atoms with Crippen molar-refractivity contribution >= 4 is 23.7 Å². The van der Waals surface area contributed by atoms with Crippen LogP contribution in [0.15, 0.2) is 12.5 Å². The Morgan fingerprint density at radius 3 is 2.29 bits per heavy atom. The highest BCUT2D eigenvalue weighted by Gasteiger charge is 2.31. The number of nitrogens with two attached hydrogens (primary N) is 2. The second-order valence-electron chi connectivity index (χ2n) is 7.02. The fourth-order valence-corrected chi connectivity index (χ4v) is 2.76. The zero-order chi connectivity index (χ0) is 23.4. The molecule has 1 aromatic rings. The van der Waals surface area contributed by atoms with Gasteiger partial charge < -0.3 is 42.6 Å². The molecular weight excluding hydrogens is 410 g/mol. The van der Waals surface area contributed by atoms with Gasteiger partial charge in [-0.2, -0.15) is 0 Å². The van der Waals surface area contributed by atoms with Gasteiger partial charge in [-0.15, -0.1) is 0 Å². The Bertz CT molecular complexity index is 725. The van der Waals surface area contributed by atoms with Crippen molar-refractivity contribution in [2.75, 3.05) is 13.1 Å². The Morgan fingerprint density at radius 1 is 1.10 bits per heavy atom. The lowest BCUT2D eigenvalue weighted by molar-refractivity contribution is -0.145. The highest BCUT2D eigenvalue weighted by molar-refractivity contribution is 5.93. The van der Waals surface area contributed by atoms with Gasteiger partial charge >= 0.3 is 5.97 Å². The van der Waals surface area contributed by atoms with Gasteiger partial charge in [-0.05, 0) is 32.7 Å². The van der Waals surface area contributed by atoms with Gasteiger partial charge in [-0.1, -0.05) is 0 Å². The third-order valence-electron chi connectivity index (χ3n) is 4.44. The van der Waals surface area contributed by atoms with E-state index in [-0.39, 0.29) is 19.4 Å². The summed E-state index contributed by atoms with van der Waals surface area (Å²) in [7, 11) is 0. The van der Waals surface area contributed by atoms with Crippen LogP contribution in [0.1, 0.15) is 31.9 Å². The Balaban J connectivity index is 2.99. The molecule has 4 atom stereocenters. The average molecular weight is 441 g/mol. The van der Waals surface area contributed by atoms with Gasteiger partial charge in [0, 0.05) is 18.3 Å². The zero-order valence-electron chi connectivity index (χ0n) is 17.3. The molecular formula is C18H31N7O6. The summed E-state index contributed by atoms with van der Waals surface area (Å²) < 4.78 is 0. The van der Waals surface area contributed by atoms with Crippen molar-refractivity contribution in [3.63, 3.8) is 0 Å². The van der Waals surface area contributed by atoms with Crippen LogP contribution in [-0.4, -0.2) is 81.2 Å². The number of nitrogens with one attached hydrogen (secondary N) is 4. The molecule has 31 heavy (non-hydrogen) atoms. The van der Waals surface area contributed by atoms with Crippen LogP contribution >= 0.6 is 0 Å². The van der Waals surface area contributed by atoms with E-state index in [1.807, 2.05) is 0 Å². The molecule has 13 nitrogen and oxygen atoms in total. The quantitative estimate of drug-likeness (QED) is 0.137.